The van der Waals surface area contributed by atoms with E-state index in [1.807, 2.05) is 44.2 Å². The molecule has 4 heteroatoms. The highest BCUT2D eigenvalue weighted by atomic mass is 16.5. The van der Waals surface area contributed by atoms with Crippen molar-refractivity contribution in [1.29, 1.82) is 0 Å². The van der Waals surface area contributed by atoms with Gasteiger partial charge in [0.15, 0.2) is 0 Å². The number of hydrogen-bond acceptors (Lipinski definition) is 3. The molecule has 0 aliphatic carbocycles. The second kappa shape index (κ2) is 7.49. The molecular weight excluding hydrogens is 290 g/mol. The fourth-order valence-corrected chi connectivity index (χ4v) is 2.26. The number of anilines is 1. The Hall–Kier alpha value is -2.75. The van der Waals surface area contributed by atoms with E-state index in [2.05, 4.69) is 22.7 Å². The summed E-state index contributed by atoms with van der Waals surface area (Å²) in [6.45, 7) is 8.16. The predicted molar refractivity (Wildman–Crippen MR) is 92.8 cm³/mol. The van der Waals surface area contributed by atoms with Crippen molar-refractivity contribution in [3.63, 3.8) is 0 Å². The highest BCUT2D eigenvalue weighted by Gasteiger charge is 2.09. The Kier molecular flexibility index (Phi) is 5.41. The van der Waals surface area contributed by atoms with E-state index in [1.54, 1.807) is 6.08 Å². The van der Waals surface area contributed by atoms with Crippen LogP contribution in [0.25, 0.3) is 6.08 Å². The first-order chi connectivity index (χ1) is 11.0. The third-order valence-electron chi connectivity index (χ3n) is 3.50. The van der Waals surface area contributed by atoms with Crippen LogP contribution in [0.3, 0.4) is 0 Å². The quantitative estimate of drug-likeness (QED) is 0.870. The summed E-state index contributed by atoms with van der Waals surface area (Å²) in [5.74, 6) is 0.823. The van der Waals surface area contributed by atoms with Gasteiger partial charge in [-0.25, -0.2) is 4.79 Å². The third-order valence-corrected chi connectivity index (χ3v) is 3.50. The van der Waals surface area contributed by atoms with E-state index in [9.17, 15) is 4.79 Å². The number of aryl methyl sites for hydroxylation is 2. The Morgan fingerprint density at radius 3 is 2.65 bits per heavy atom. The van der Waals surface area contributed by atoms with Gasteiger partial charge in [0.05, 0.1) is 12.8 Å². The molecule has 0 fully saturated rings. The lowest BCUT2D eigenvalue weighted by Gasteiger charge is -2.14. The van der Waals surface area contributed by atoms with Crippen LogP contribution in [0.15, 0.2) is 43.0 Å². The van der Waals surface area contributed by atoms with Gasteiger partial charge in [-0.2, -0.15) is 0 Å². The first-order valence-corrected chi connectivity index (χ1v) is 7.34. The van der Waals surface area contributed by atoms with Crippen molar-refractivity contribution in [3.8, 4) is 5.75 Å². The molecule has 23 heavy (non-hydrogen) atoms. The number of carbonyl (C=O) groups is 1. The molecule has 0 saturated heterocycles. The molecule has 2 aromatic rings. The van der Waals surface area contributed by atoms with Crippen LogP contribution in [0, 0.1) is 13.8 Å². The lowest BCUT2D eigenvalue weighted by atomic mass is 10.1. The molecule has 0 aliphatic rings. The Balaban J connectivity index is 2.22. The maximum absolute atomic E-state index is 11.5. The summed E-state index contributed by atoms with van der Waals surface area (Å²) in [5, 5.41) is 2.70. The van der Waals surface area contributed by atoms with Gasteiger partial charge < -0.3 is 9.47 Å². The molecule has 0 spiro atoms. The predicted octanol–water partition coefficient (Wildman–Crippen LogP) is 4.70. The molecule has 0 heterocycles. The minimum atomic E-state index is -0.510. The molecule has 4 nitrogen and oxygen atoms in total. The molecule has 0 saturated carbocycles. The topological polar surface area (TPSA) is 47.6 Å². The second-order valence-electron chi connectivity index (χ2n) is 5.29. The second-order valence-corrected chi connectivity index (χ2v) is 5.29. The van der Waals surface area contributed by atoms with Crippen LogP contribution in [0.1, 0.15) is 22.3 Å². The molecule has 0 aromatic heterocycles. The van der Waals surface area contributed by atoms with E-state index in [1.165, 1.54) is 12.7 Å². The standard InChI is InChI=1S/C19H21NO3/c1-5-15-7-8-17(20-19(21)22-4)16(11-15)12-23-18-9-6-13(2)10-14(18)3/h5-11H,1,12H2,2-4H3,(H,20,21). The summed E-state index contributed by atoms with van der Waals surface area (Å²) in [7, 11) is 1.33. The zero-order valence-corrected chi connectivity index (χ0v) is 13.7. The fourth-order valence-electron chi connectivity index (χ4n) is 2.26. The Labute approximate surface area is 136 Å². The van der Waals surface area contributed by atoms with E-state index >= 15 is 0 Å². The van der Waals surface area contributed by atoms with Crippen molar-refractivity contribution in [2.24, 2.45) is 0 Å². The van der Waals surface area contributed by atoms with Gasteiger partial charge in [-0.3, -0.25) is 5.32 Å². The molecule has 0 unspecified atom stereocenters. The molecule has 2 aromatic carbocycles. The van der Waals surface area contributed by atoms with E-state index in [4.69, 9.17) is 4.74 Å². The molecule has 0 aliphatic heterocycles. The lowest BCUT2D eigenvalue weighted by Crippen LogP contribution is -2.13. The molecule has 0 atom stereocenters. The average molecular weight is 311 g/mol. The molecule has 0 radical (unpaired) electrons. The van der Waals surface area contributed by atoms with Gasteiger partial charge in [-0.05, 0) is 43.2 Å². The van der Waals surface area contributed by atoms with Crippen molar-refractivity contribution in [2.45, 2.75) is 20.5 Å². The van der Waals surface area contributed by atoms with Gasteiger partial charge in [0, 0.05) is 5.56 Å². The van der Waals surface area contributed by atoms with Crippen molar-refractivity contribution in [2.75, 3.05) is 12.4 Å². The number of amides is 1. The van der Waals surface area contributed by atoms with Gasteiger partial charge in [-0.15, -0.1) is 0 Å². The number of nitrogens with one attached hydrogen (secondary N) is 1. The molecule has 120 valence electrons. The fraction of sp³-hybridized carbons (Fsp3) is 0.211. The van der Waals surface area contributed by atoms with E-state index in [0.717, 1.165) is 22.4 Å². The number of ether oxygens (including phenoxy) is 2. The van der Waals surface area contributed by atoms with Gasteiger partial charge in [0.2, 0.25) is 0 Å². The van der Waals surface area contributed by atoms with Crippen molar-refractivity contribution < 1.29 is 14.3 Å². The largest absolute Gasteiger partial charge is 0.489 e. The SMILES string of the molecule is C=Cc1ccc(NC(=O)OC)c(COc2ccc(C)cc2C)c1. The minimum absolute atomic E-state index is 0.338. The number of methoxy groups -OCH3 is 1. The molecular formula is C19H21NO3. The Bertz CT molecular complexity index is 723. The van der Waals surface area contributed by atoms with Crippen molar-refractivity contribution >= 4 is 17.9 Å². The van der Waals surface area contributed by atoms with Crippen LogP contribution in [0.2, 0.25) is 0 Å². The highest BCUT2D eigenvalue weighted by molar-refractivity contribution is 5.85. The van der Waals surface area contributed by atoms with Gasteiger partial charge in [-0.1, -0.05) is 36.4 Å². The van der Waals surface area contributed by atoms with Gasteiger partial charge in [0.25, 0.3) is 0 Å². The maximum atomic E-state index is 11.5. The van der Waals surface area contributed by atoms with Gasteiger partial charge in [0.1, 0.15) is 12.4 Å². The summed E-state index contributed by atoms with van der Waals surface area (Å²) in [5.41, 5.74) is 4.74. The Morgan fingerprint density at radius 1 is 1.22 bits per heavy atom. The third kappa shape index (κ3) is 4.36. The zero-order chi connectivity index (χ0) is 16.8. The van der Waals surface area contributed by atoms with Crippen LogP contribution in [-0.2, 0) is 11.3 Å². The number of benzene rings is 2. The first-order valence-electron chi connectivity index (χ1n) is 7.34. The van der Waals surface area contributed by atoms with Crippen LogP contribution in [-0.4, -0.2) is 13.2 Å². The zero-order valence-electron chi connectivity index (χ0n) is 13.7. The summed E-state index contributed by atoms with van der Waals surface area (Å²) in [6, 6.07) is 11.7. The maximum Gasteiger partial charge on any atom is 0.411 e. The summed E-state index contributed by atoms with van der Waals surface area (Å²) >= 11 is 0. The van der Waals surface area contributed by atoms with Crippen LogP contribution < -0.4 is 10.1 Å². The lowest BCUT2D eigenvalue weighted by molar-refractivity contribution is 0.187. The van der Waals surface area contributed by atoms with Crippen LogP contribution >= 0.6 is 0 Å². The first kappa shape index (κ1) is 16.6. The molecule has 0 bridgehead atoms. The van der Waals surface area contributed by atoms with Crippen molar-refractivity contribution in [3.05, 3.63) is 65.2 Å². The number of hydrogen-bond donors (Lipinski definition) is 1. The highest BCUT2D eigenvalue weighted by Crippen LogP contribution is 2.24. The molecule has 1 N–H and O–H groups in total. The normalized spacial score (nSPS) is 10.0. The monoisotopic (exact) mass is 311 g/mol. The van der Waals surface area contributed by atoms with Crippen LogP contribution in [0.4, 0.5) is 10.5 Å². The van der Waals surface area contributed by atoms with E-state index in [0.29, 0.717) is 12.3 Å². The average Bonchev–Trinajstić information content (AvgIpc) is 2.55. The smallest absolute Gasteiger partial charge is 0.411 e. The molecule has 1 amide bonds. The summed E-state index contributed by atoms with van der Waals surface area (Å²) in [6.07, 6.45) is 1.24. The van der Waals surface area contributed by atoms with E-state index in [-0.39, 0.29) is 0 Å². The van der Waals surface area contributed by atoms with Crippen molar-refractivity contribution in [1.82, 2.24) is 0 Å². The number of rotatable bonds is 5. The minimum Gasteiger partial charge on any atom is -0.489 e. The summed E-state index contributed by atoms with van der Waals surface area (Å²) in [4.78, 5) is 11.5. The Morgan fingerprint density at radius 2 is 2.00 bits per heavy atom. The number of carbonyl (C=O) groups excluding carboxylic acids is 1. The van der Waals surface area contributed by atoms with E-state index < -0.39 is 6.09 Å². The summed E-state index contributed by atoms with van der Waals surface area (Å²) < 4.78 is 10.6. The van der Waals surface area contributed by atoms with Crippen LogP contribution in [0.5, 0.6) is 5.75 Å². The molecule has 2 rings (SSSR count). The van der Waals surface area contributed by atoms with Gasteiger partial charge >= 0.3 is 6.09 Å².